The number of hydrogen-bond acceptors (Lipinski definition) is 11. The zero-order valence-corrected chi connectivity index (χ0v) is 39.3. The van der Waals surface area contributed by atoms with Gasteiger partial charge in [0.05, 0.1) is 25.9 Å². The Kier molecular flexibility index (Phi) is 38.3. The molecule has 0 aliphatic heterocycles. The molecule has 0 aromatic heterocycles. The van der Waals surface area contributed by atoms with Gasteiger partial charge >= 0.3 is 27.6 Å². The third kappa shape index (κ3) is 44.4. The third-order valence-electron chi connectivity index (χ3n) is 9.47. The van der Waals surface area contributed by atoms with Crippen LogP contribution >= 0.6 is 15.6 Å². The van der Waals surface area contributed by atoms with Gasteiger partial charge in [0, 0.05) is 12.8 Å². The molecule has 0 radical (unpaired) electrons. The van der Waals surface area contributed by atoms with Gasteiger partial charge in [-0.25, -0.2) is 9.13 Å². The number of aliphatic hydroxyl groups is 2. The summed E-state index contributed by atoms with van der Waals surface area (Å²) >= 11 is 0. The topological polar surface area (TPSA) is 216 Å². The monoisotopic (exact) mass is 909 g/mol. The number of esters is 2. The highest BCUT2D eigenvalue weighted by Crippen LogP contribution is 2.43. The van der Waals surface area contributed by atoms with E-state index in [9.17, 15) is 33.8 Å². The Balaban J connectivity index is 4.63. The number of hydrogen-bond donors (Lipinski definition) is 5. The lowest BCUT2D eigenvalue weighted by atomic mass is 10.0. The van der Waals surface area contributed by atoms with Crippen molar-refractivity contribution in [3.8, 4) is 0 Å². The molecule has 61 heavy (non-hydrogen) atoms. The number of carbonyl (C=O) groups is 2. The molecule has 0 saturated carbocycles. The molecule has 0 bridgehead atoms. The second-order valence-electron chi connectivity index (χ2n) is 16.0. The summed E-state index contributed by atoms with van der Waals surface area (Å²) in [5.74, 6) is -0.340. The van der Waals surface area contributed by atoms with Crippen molar-refractivity contribution < 1.29 is 66.7 Å². The molecule has 0 saturated heterocycles. The molecule has 0 aromatic rings. The fraction of sp³-hybridized carbons (Fsp3) is 0.778. The Hall–Kier alpha value is -1.96. The number of aliphatic hydroxyl groups excluding tert-OH is 2. The van der Waals surface area contributed by atoms with E-state index in [1.165, 1.54) is 77.0 Å². The number of rotatable bonds is 42. The van der Waals surface area contributed by atoms with E-state index in [0.717, 1.165) is 38.0 Å². The van der Waals surface area contributed by atoms with Gasteiger partial charge in [-0.2, -0.15) is 0 Å². The molecule has 1 unspecified atom stereocenters. The lowest BCUT2D eigenvalue weighted by Crippen LogP contribution is -2.30. The van der Waals surface area contributed by atoms with E-state index in [1.54, 1.807) is 6.08 Å². The Morgan fingerprint density at radius 1 is 0.590 bits per heavy atom. The van der Waals surface area contributed by atoms with E-state index < -0.39 is 72.3 Å². The minimum absolute atomic E-state index is 0.0874. The first-order valence-corrected chi connectivity index (χ1v) is 25.8. The van der Waals surface area contributed by atoms with Crippen LogP contribution in [0.1, 0.15) is 175 Å². The van der Waals surface area contributed by atoms with Crippen LogP contribution in [-0.2, 0) is 41.8 Å². The number of ether oxygens (including phenoxy) is 2. The van der Waals surface area contributed by atoms with Gasteiger partial charge in [-0.1, -0.05) is 166 Å². The highest BCUT2D eigenvalue weighted by molar-refractivity contribution is 7.47. The number of phosphoric ester groups is 2. The Morgan fingerprint density at radius 3 is 1.77 bits per heavy atom. The average Bonchev–Trinajstić information content (AvgIpc) is 3.20. The number of unbranched alkanes of at least 4 members (excludes halogenated alkanes) is 16. The van der Waals surface area contributed by atoms with E-state index in [4.69, 9.17) is 23.8 Å². The van der Waals surface area contributed by atoms with E-state index in [2.05, 4.69) is 35.9 Å². The molecule has 14 nitrogen and oxygen atoms in total. The van der Waals surface area contributed by atoms with Crippen LogP contribution in [0.15, 0.2) is 48.6 Å². The van der Waals surface area contributed by atoms with Crippen molar-refractivity contribution in [1.82, 2.24) is 0 Å². The maximum atomic E-state index is 12.7. The molecule has 0 aliphatic rings. The SMILES string of the molecule is CCCCC/C=C\C[C@@H](O)/C=C/C=C\C/C=C\CCCC(=O)OC[C@H](COP(=O)(O)OC[C@@H](O)COP(=O)(O)O)OC(=O)CCCCCCCCCCCCCCCC(C)C. The van der Waals surface area contributed by atoms with Crippen LogP contribution in [0.5, 0.6) is 0 Å². The van der Waals surface area contributed by atoms with Gasteiger partial charge in [-0.3, -0.25) is 23.2 Å². The summed E-state index contributed by atoms with van der Waals surface area (Å²) in [6, 6.07) is 0. The summed E-state index contributed by atoms with van der Waals surface area (Å²) in [5, 5.41) is 19.8. The van der Waals surface area contributed by atoms with Crippen LogP contribution in [0.25, 0.3) is 0 Å². The molecule has 4 atom stereocenters. The molecule has 0 heterocycles. The van der Waals surface area contributed by atoms with Gasteiger partial charge in [0.15, 0.2) is 6.10 Å². The van der Waals surface area contributed by atoms with Gasteiger partial charge in [0.1, 0.15) is 12.7 Å². The van der Waals surface area contributed by atoms with Crippen molar-refractivity contribution in [2.75, 3.05) is 26.4 Å². The molecule has 16 heteroatoms. The first-order valence-electron chi connectivity index (χ1n) is 22.8. The van der Waals surface area contributed by atoms with Crippen LogP contribution in [0.4, 0.5) is 0 Å². The van der Waals surface area contributed by atoms with Crippen molar-refractivity contribution in [3.05, 3.63) is 48.6 Å². The highest BCUT2D eigenvalue weighted by Gasteiger charge is 2.28. The van der Waals surface area contributed by atoms with E-state index in [1.807, 2.05) is 36.5 Å². The van der Waals surface area contributed by atoms with Crippen molar-refractivity contribution >= 4 is 27.6 Å². The summed E-state index contributed by atoms with van der Waals surface area (Å²) in [5.41, 5.74) is 0. The Labute approximate surface area is 367 Å². The first-order chi connectivity index (χ1) is 29.1. The molecule has 0 fully saturated rings. The van der Waals surface area contributed by atoms with Gasteiger partial charge in [0.2, 0.25) is 0 Å². The maximum absolute atomic E-state index is 12.7. The summed E-state index contributed by atoms with van der Waals surface area (Å²) in [4.78, 5) is 52.7. The van der Waals surface area contributed by atoms with Crippen LogP contribution in [-0.4, -0.2) is 81.6 Å². The summed E-state index contributed by atoms with van der Waals surface area (Å²) in [6.45, 7) is 3.91. The quantitative estimate of drug-likeness (QED) is 0.0127. The molecule has 0 spiro atoms. The van der Waals surface area contributed by atoms with Gasteiger partial charge in [-0.05, 0) is 50.9 Å². The summed E-state index contributed by atoms with van der Waals surface area (Å²) in [6.07, 6.45) is 35.7. The predicted molar refractivity (Wildman–Crippen MR) is 240 cm³/mol. The van der Waals surface area contributed by atoms with E-state index >= 15 is 0 Å². The normalized spacial score (nSPS) is 15.0. The van der Waals surface area contributed by atoms with Crippen LogP contribution < -0.4 is 0 Å². The number of allylic oxidation sites excluding steroid dienone is 6. The second kappa shape index (κ2) is 39.6. The molecule has 356 valence electrons. The molecular weight excluding hydrogens is 826 g/mol. The third-order valence-corrected chi connectivity index (χ3v) is 10.9. The fourth-order valence-corrected chi connectivity index (χ4v) is 7.12. The average molecular weight is 909 g/mol. The van der Waals surface area contributed by atoms with Crippen LogP contribution in [0.3, 0.4) is 0 Å². The number of phosphoric acid groups is 2. The zero-order valence-electron chi connectivity index (χ0n) is 37.5. The predicted octanol–water partition coefficient (Wildman–Crippen LogP) is 10.7. The lowest BCUT2D eigenvalue weighted by Gasteiger charge is -2.20. The molecule has 0 amide bonds. The van der Waals surface area contributed by atoms with E-state index in [0.29, 0.717) is 32.1 Å². The lowest BCUT2D eigenvalue weighted by molar-refractivity contribution is -0.161. The minimum atomic E-state index is -4.88. The van der Waals surface area contributed by atoms with Gasteiger partial charge in [0.25, 0.3) is 0 Å². The molecule has 0 rings (SSSR count). The minimum Gasteiger partial charge on any atom is -0.462 e. The Bertz CT molecular complexity index is 1300. The summed E-state index contributed by atoms with van der Waals surface area (Å²) < 4.78 is 47.7. The fourth-order valence-electron chi connectivity index (χ4n) is 5.96. The largest absolute Gasteiger partial charge is 0.472 e. The van der Waals surface area contributed by atoms with Crippen molar-refractivity contribution in [2.45, 2.75) is 193 Å². The van der Waals surface area contributed by atoms with Crippen LogP contribution in [0, 0.1) is 5.92 Å². The second-order valence-corrected chi connectivity index (χ2v) is 18.7. The van der Waals surface area contributed by atoms with Crippen LogP contribution in [0.2, 0.25) is 0 Å². The van der Waals surface area contributed by atoms with Gasteiger partial charge in [-0.15, -0.1) is 0 Å². The van der Waals surface area contributed by atoms with Crippen molar-refractivity contribution in [2.24, 2.45) is 5.92 Å². The number of carbonyl (C=O) groups excluding carboxylic acids is 2. The van der Waals surface area contributed by atoms with Gasteiger partial charge < -0.3 is 34.4 Å². The smallest absolute Gasteiger partial charge is 0.462 e. The zero-order chi connectivity index (χ0) is 45.5. The van der Waals surface area contributed by atoms with E-state index in [-0.39, 0.29) is 12.8 Å². The molecule has 0 aromatic carbocycles. The Morgan fingerprint density at radius 2 is 1.15 bits per heavy atom. The highest BCUT2D eigenvalue weighted by atomic mass is 31.2. The molecule has 0 aliphatic carbocycles. The van der Waals surface area contributed by atoms with Crippen molar-refractivity contribution in [1.29, 1.82) is 0 Å². The molecular formula is C45H82O14P2. The van der Waals surface area contributed by atoms with Crippen molar-refractivity contribution in [3.63, 3.8) is 0 Å². The summed E-state index contributed by atoms with van der Waals surface area (Å²) in [7, 11) is -9.71. The maximum Gasteiger partial charge on any atom is 0.472 e. The first kappa shape index (κ1) is 59.0. The molecule has 5 N–H and O–H groups in total. The standard InChI is InChI=1S/C45H82O14P2/c1-4-5-6-7-22-27-32-41(46)33-28-23-18-15-16-19-24-29-34-44(48)55-38-43(39-58-61(53,54)57-37-42(47)36-56-60(50,51)52)59-45(49)35-30-25-20-14-12-10-8-9-11-13-17-21-26-31-40(2)3/h16,18-19,22-23,27-28,33,40-43,46-47H,4-15,17,20-21,24-26,29-32,34-39H2,1-3H3,(H,53,54)(H2,50,51,52)/b19-16-,23-18-,27-22-,33-28+/t41-,42+,43-/m1/s1.